The average Bonchev–Trinajstić information content (AvgIpc) is 2.37. The predicted molar refractivity (Wildman–Crippen MR) is 64.6 cm³/mol. The van der Waals surface area contributed by atoms with Crippen molar-refractivity contribution in [2.24, 2.45) is 0 Å². The number of alkyl halides is 3. The Labute approximate surface area is 117 Å². The Balaban J connectivity index is 2.37. The smallest absolute Gasteiger partial charge is 0.275 e. The zero-order valence-electron chi connectivity index (χ0n) is 10.6. The highest BCUT2D eigenvalue weighted by atomic mass is 19.4. The van der Waals surface area contributed by atoms with Gasteiger partial charge in [0.2, 0.25) is 6.04 Å². The van der Waals surface area contributed by atoms with Crippen LogP contribution in [-0.4, -0.2) is 40.1 Å². The molecule has 2 atom stereocenters. The van der Waals surface area contributed by atoms with Crippen LogP contribution < -0.4 is 0 Å². The molecule has 0 fully saturated rings. The fourth-order valence-corrected chi connectivity index (χ4v) is 2.27. The molecule has 1 aliphatic rings. The molecule has 0 saturated heterocycles. The molecule has 0 spiro atoms. The van der Waals surface area contributed by atoms with E-state index in [1.807, 2.05) is 0 Å². The number of nitro groups is 1. The second-order valence-corrected chi connectivity index (χ2v) is 4.64. The van der Waals surface area contributed by atoms with Gasteiger partial charge in [0.25, 0.3) is 0 Å². The minimum Gasteiger partial charge on any atom is -0.275 e. The van der Waals surface area contributed by atoms with Crippen molar-refractivity contribution in [2.45, 2.75) is 18.3 Å². The normalized spacial score (nSPS) is 23.7. The van der Waals surface area contributed by atoms with Gasteiger partial charge < -0.3 is 0 Å². The van der Waals surface area contributed by atoms with Crippen LogP contribution in [0.3, 0.4) is 0 Å². The van der Waals surface area contributed by atoms with Crippen molar-refractivity contribution in [3.63, 3.8) is 0 Å². The van der Waals surface area contributed by atoms with Crippen molar-refractivity contribution in [3.05, 3.63) is 52.1 Å². The second-order valence-electron chi connectivity index (χ2n) is 4.64. The third-order valence-electron chi connectivity index (χ3n) is 3.05. The molecule has 1 aliphatic heterocycles. The topological polar surface area (TPSA) is 59.3 Å². The van der Waals surface area contributed by atoms with Gasteiger partial charge in [-0.2, -0.15) is 13.2 Å². The summed E-state index contributed by atoms with van der Waals surface area (Å²) >= 11 is 0. The van der Waals surface area contributed by atoms with Crippen LogP contribution in [0, 0.1) is 10.1 Å². The van der Waals surface area contributed by atoms with Gasteiger partial charge in [-0.3, -0.25) is 20.0 Å². The number of nitrogens with zero attached hydrogens (tertiary/aromatic N) is 3. The van der Waals surface area contributed by atoms with E-state index in [9.17, 15) is 27.7 Å². The molecule has 2 rings (SSSR count). The van der Waals surface area contributed by atoms with Crippen LogP contribution in [0.2, 0.25) is 0 Å². The van der Waals surface area contributed by atoms with Crippen LogP contribution in [0.1, 0.15) is 11.6 Å². The number of hydrogen-bond donors (Lipinski definition) is 0. The van der Waals surface area contributed by atoms with Crippen molar-refractivity contribution in [1.82, 2.24) is 9.88 Å². The Hall–Kier alpha value is -2.03. The van der Waals surface area contributed by atoms with Gasteiger partial charge in [0.1, 0.15) is 5.83 Å². The Morgan fingerprint density at radius 3 is 2.71 bits per heavy atom. The van der Waals surface area contributed by atoms with Gasteiger partial charge in [-0.1, -0.05) is 6.07 Å². The molecule has 0 radical (unpaired) electrons. The lowest BCUT2D eigenvalue weighted by atomic mass is 9.99. The van der Waals surface area contributed by atoms with E-state index in [2.05, 4.69) is 4.98 Å². The van der Waals surface area contributed by atoms with E-state index in [4.69, 9.17) is 0 Å². The maximum Gasteiger partial charge on any atom is 0.401 e. The quantitative estimate of drug-likeness (QED) is 0.489. The highest BCUT2D eigenvalue weighted by molar-refractivity contribution is 5.25. The van der Waals surface area contributed by atoms with Gasteiger partial charge in [-0.15, -0.1) is 0 Å². The van der Waals surface area contributed by atoms with Crippen LogP contribution in [0.25, 0.3) is 0 Å². The molecule has 0 aliphatic carbocycles. The SMILES string of the molecule is O=[N+]([O-])C1C=C(F)C(c2cccnc2)N(CC(F)(F)F)C1. The van der Waals surface area contributed by atoms with E-state index < -0.39 is 42.1 Å². The number of aromatic nitrogens is 1. The van der Waals surface area contributed by atoms with Gasteiger partial charge in [-0.25, -0.2) is 4.39 Å². The number of pyridine rings is 1. The summed E-state index contributed by atoms with van der Waals surface area (Å²) < 4.78 is 51.9. The average molecular weight is 305 g/mol. The van der Waals surface area contributed by atoms with E-state index in [-0.39, 0.29) is 5.56 Å². The summed E-state index contributed by atoms with van der Waals surface area (Å²) in [4.78, 5) is 14.4. The summed E-state index contributed by atoms with van der Waals surface area (Å²) in [6, 6.07) is 0.0892. The highest BCUT2D eigenvalue weighted by Gasteiger charge is 2.42. The summed E-state index contributed by atoms with van der Waals surface area (Å²) in [7, 11) is 0. The number of hydrogen-bond acceptors (Lipinski definition) is 4. The first-order valence-corrected chi connectivity index (χ1v) is 5.99. The monoisotopic (exact) mass is 305 g/mol. The maximum absolute atomic E-state index is 14.1. The Kier molecular flexibility index (Phi) is 4.21. The molecule has 1 aromatic heterocycles. The van der Waals surface area contributed by atoms with Crippen molar-refractivity contribution in [3.8, 4) is 0 Å². The van der Waals surface area contributed by atoms with E-state index in [1.165, 1.54) is 24.5 Å². The van der Waals surface area contributed by atoms with E-state index in [1.54, 1.807) is 0 Å². The van der Waals surface area contributed by atoms with Gasteiger partial charge in [0.15, 0.2) is 0 Å². The summed E-state index contributed by atoms with van der Waals surface area (Å²) in [5.74, 6) is -0.972. The Bertz CT molecular complexity index is 547. The molecule has 1 aromatic rings. The molecule has 0 N–H and O–H groups in total. The first kappa shape index (κ1) is 15.4. The van der Waals surface area contributed by atoms with Crippen molar-refractivity contribution < 1.29 is 22.5 Å². The van der Waals surface area contributed by atoms with Crippen LogP contribution >= 0.6 is 0 Å². The summed E-state index contributed by atoms with van der Waals surface area (Å²) in [6.07, 6.45) is -1.18. The van der Waals surface area contributed by atoms with Crippen LogP contribution in [0.4, 0.5) is 17.6 Å². The van der Waals surface area contributed by atoms with Gasteiger partial charge in [0.05, 0.1) is 19.1 Å². The van der Waals surface area contributed by atoms with Crippen molar-refractivity contribution in [2.75, 3.05) is 13.1 Å². The first-order chi connectivity index (χ1) is 9.78. The predicted octanol–water partition coefficient (Wildman–Crippen LogP) is 2.50. The third-order valence-corrected chi connectivity index (χ3v) is 3.05. The lowest BCUT2D eigenvalue weighted by Gasteiger charge is -2.34. The van der Waals surface area contributed by atoms with Gasteiger partial charge >= 0.3 is 6.18 Å². The largest absolute Gasteiger partial charge is 0.401 e. The fourth-order valence-electron chi connectivity index (χ4n) is 2.27. The zero-order chi connectivity index (χ0) is 15.6. The summed E-state index contributed by atoms with van der Waals surface area (Å²) in [5.41, 5.74) is 0.220. The highest BCUT2D eigenvalue weighted by Crippen LogP contribution is 2.35. The molecular formula is C12H11F4N3O2. The molecule has 5 nitrogen and oxygen atoms in total. The minimum atomic E-state index is -4.58. The molecule has 114 valence electrons. The standard InChI is InChI=1S/C12H11F4N3O2/c13-10-4-9(19(20)21)6-18(7-12(14,15)16)11(10)8-2-1-3-17-5-8/h1-5,9,11H,6-7H2. The second kappa shape index (κ2) is 5.76. The van der Waals surface area contributed by atoms with E-state index in [0.29, 0.717) is 4.90 Å². The van der Waals surface area contributed by atoms with Gasteiger partial charge in [0, 0.05) is 23.4 Å². The maximum atomic E-state index is 14.1. The fraction of sp³-hybridized carbons (Fsp3) is 0.417. The van der Waals surface area contributed by atoms with Gasteiger partial charge in [-0.05, 0) is 11.6 Å². The van der Waals surface area contributed by atoms with E-state index >= 15 is 0 Å². The van der Waals surface area contributed by atoms with Crippen LogP contribution in [0.5, 0.6) is 0 Å². The third kappa shape index (κ3) is 3.75. The molecule has 2 unspecified atom stereocenters. The minimum absolute atomic E-state index is 0.220. The van der Waals surface area contributed by atoms with Crippen molar-refractivity contribution >= 4 is 0 Å². The molecule has 21 heavy (non-hydrogen) atoms. The molecular weight excluding hydrogens is 294 g/mol. The lowest BCUT2D eigenvalue weighted by molar-refractivity contribution is -0.511. The van der Waals surface area contributed by atoms with Crippen LogP contribution in [0.15, 0.2) is 36.4 Å². The lowest BCUT2D eigenvalue weighted by Crippen LogP contribution is -2.46. The zero-order valence-corrected chi connectivity index (χ0v) is 10.6. The molecule has 0 amide bonds. The van der Waals surface area contributed by atoms with E-state index in [0.717, 1.165) is 6.08 Å². The van der Waals surface area contributed by atoms with Crippen molar-refractivity contribution in [1.29, 1.82) is 0 Å². The molecule has 0 aromatic carbocycles. The first-order valence-electron chi connectivity index (χ1n) is 5.99. The summed E-state index contributed by atoms with van der Waals surface area (Å²) in [5, 5.41) is 10.7. The number of rotatable bonds is 3. The molecule has 9 heteroatoms. The number of halogens is 4. The molecule has 0 saturated carbocycles. The Morgan fingerprint density at radius 1 is 1.48 bits per heavy atom. The van der Waals surface area contributed by atoms with Crippen LogP contribution in [-0.2, 0) is 0 Å². The summed E-state index contributed by atoms with van der Waals surface area (Å²) in [6.45, 7) is -1.95. The molecule has 0 bridgehead atoms. The molecule has 2 heterocycles. The Morgan fingerprint density at radius 2 is 2.19 bits per heavy atom.